The van der Waals surface area contributed by atoms with Gasteiger partial charge in [0.25, 0.3) is 5.91 Å². The predicted octanol–water partition coefficient (Wildman–Crippen LogP) is 1.65. The summed E-state index contributed by atoms with van der Waals surface area (Å²) in [7, 11) is 0. The standard InChI is InChI=1S/C21H23ClN6O3/c22-14-2-1-3-15-17(14)28-18(26-15)21(31)27-16(8-11-4-5-11)20(30)25-13(10-23)9-12-6-7-24-19(12)29/h1-3,11-13,16H,4-9H2,(H,24,29)(H,25,30)(H,26,28)(H,27,31). The van der Waals surface area contributed by atoms with Crippen LogP contribution in [0.3, 0.4) is 0 Å². The first-order chi connectivity index (χ1) is 14.9. The number of carbonyl (C=O) groups is 3. The van der Waals surface area contributed by atoms with Crippen LogP contribution >= 0.6 is 11.6 Å². The number of hydrogen-bond acceptors (Lipinski definition) is 5. The fraction of sp³-hybridized carbons (Fsp3) is 0.476. The number of imidazole rings is 1. The van der Waals surface area contributed by atoms with Crippen molar-refractivity contribution in [1.29, 1.82) is 5.26 Å². The highest BCUT2D eigenvalue weighted by molar-refractivity contribution is 6.35. The van der Waals surface area contributed by atoms with Gasteiger partial charge in [-0.05, 0) is 37.3 Å². The Morgan fingerprint density at radius 2 is 2.06 bits per heavy atom. The number of carbonyl (C=O) groups excluding carboxylic acids is 3. The SMILES string of the molecule is N#CC(CC1CCNC1=O)NC(=O)C(CC1CC1)NC(=O)c1nc2c(Cl)cccc2[nH]1. The van der Waals surface area contributed by atoms with Crippen LogP contribution < -0.4 is 16.0 Å². The summed E-state index contributed by atoms with van der Waals surface area (Å²) in [5.41, 5.74) is 1.11. The van der Waals surface area contributed by atoms with Gasteiger partial charge in [-0.15, -0.1) is 0 Å². The number of fused-ring (bicyclic) bond motifs is 1. The third-order valence-corrected chi connectivity index (χ3v) is 6.03. The molecule has 2 heterocycles. The Hall–Kier alpha value is -3.12. The first-order valence-electron chi connectivity index (χ1n) is 10.4. The van der Waals surface area contributed by atoms with Crippen molar-refractivity contribution in [2.24, 2.45) is 11.8 Å². The van der Waals surface area contributed by atoms with Crippen LogP contribution in [0.2, 0.25) is 5.02 Å². The van der Waals surface area contributed by atoms with E-state index in [0.29, 0.717) is 41.4 Å². The van der Waals surface area contributed by atoms with Crippen molar-refractivity contribution in [3.8, 4) is 6.07 Å². The monoisotopic (exact) mass is 442 g/mol. The first kappa shape index (κ1) is 21.1. The summed E-state index contributed by atoms with van der Waals surface area (Å²) in [5.74, 6) is -0.905. The lowest BCUT2D eigenvalue weighted by atomic mass is 9.98. The van der Waals surface area contributed by atoms with Crippen LogP contribution in [-0.4, -0.2) is 46.3 Å². The van der Waals surface area contributed by atoms with Crippen molar-refractivity contribution in [1.82, 2.24) is 25.9 Å². The van der Waals surface area contributed by atoms with Gasteiger partial charge in [-0.25, -0.2) is 4.98 Å². The zero-order valence-corrected chi connectivity index (χ0v) is 17.5. The van der Waals surface area contributed by atoms with Gasteiger partial charge in [0.1, 0.15) is 17.6 Å². The van der Waals surface area contributed by atoms with Crippen molar-refractivity contribution >= 4 is 40.4 Å². The summed E-state index contributed by atoms with van der Waals surface area (Å²) in [6.07, 6.45) is 3.39. The fourth-order valence-electron chi connectivity index (χ4n) is 3.82. The smallest absolute Gasteiger partial charge is 0.287 e. The van der Waals surface area contributed by atoms with E-state index >= 15 is 0 Å². The summed E-state index contributed by atoms with van der Waals surface area (Å²) < 4.78 is 0. The Labute approximate surface area is 183 Å². The molecule has 3 amide bonds. The van der Waals surface area contributed by atoms with Gasteiger partial charge >= 0.3 is 0 Å². The molecule has 3 atom stereocenters. The van der Waals surface area contributed by atoms with Gasteiger partial charge in [-0.2, -0.15) is 5.26 Å². The predicted molar refractivity (Wildman–Crippen MR) is 113 cm³/mol. The molecule has 4 N–H and O–H groups in total. The highest BCUT2D eigenvalue weighted by Crippen LogP contribution is 2.33. The maximum Gasteiger partial charge on any atom is 0.287 e. The molecule has 1 aliphatic heterocycles. The number of H-pyrrole nitrogens is 1. The molecule has 0 bridgehead atoms. The molecule has 9 nitrogen and oxygen atoms in total. The lowest BCUT2D eigenvalue weighted by Crippen LogP contribution is -2.50. The molecule has 4 rings (SSSR count). The van der Waals surface area contributed by atoms with Crippen molar-refractivity contribution in [2.75, 3.05) is 6.54 Å². The molecule has 2 aromatic rings. The number of nitrogens with zero attached hydrogens (tertiary/aromatic N) is 2. The van der Waals surface area contributed by atoms with Crippen molar-refractivity contribution in [3.63, 3.8) is 0 Å². The van der Waals surface area contributed by atoms with Crippen molar-refractivity contribution in [2.45, 2.75) is 44.2 Å². The van der Waals surface area contributed by atoms with Crippen LogP contribution in [0, 0.1) is 23.2 Å². The van der Waals surface area contributed by atoms with Gasteiger partial charge < -0.3 is 20.9 Å². The molecular formula is C21H23ClN6O3. The van der Waals surface area contributed by atoms with E-state index in [-0.39, 0.29) is 24.1 Å². The van der Waals surface area contributed by atoms with E-state index in [2.05, 4.69) is 32.0 Å². The van der Waals surface area contributed by atoms with Gasteiger partial charge in [0.2, 0.25) is 11.8 Å². The molecule has 10 heteroatoms. The van der Waals surface area contributed by atoms with E-state index in [4.69, 9.17) is 11.6 Å². The summed E-state index contributed by atoms with van der Waals surface area (Å²) in [4.78, 5) is 44.6. The molecular weight excluding hydrogens is 420 g/mol. The summed E-state index contributed by atoms with van der Waals surface area (Å²) in [6, 6.07) is 5.65. The van der Waals surface area contributed by atoms with Crippen molar-refractivity contribution < 1.29 is 14.4 Å². The zero-order valence-electron chi connectivity index (χ0n) is 16.8. The van der Waals surface area contributed by atoms with Crippen LogP contribution in [-0.2, 0) is 9.59 Å². The molecule has 162 valence electrons. The maximum atomic E-state index is 12.9. The average molecular weight is 443 g/mol. The number of aromatic nitrogens is 2. The van der Waals surface area contributed by atoms with E-state index in [1.54, 1.807) is 18.2 Å². The normalized spacial score (nSPS) is 20.0. The maximum absolute atomic E-state index is 12.9. The molecule has 2 fully saturated rings. The van der Waals surface area contributed by atoms with Crippen LogP contribution in [0.1, 0.15) is 42.7 Å². The minimum atomic E-state index is -0.801. The second-order valence-electron chi connectivity index (χ2n) is 8.13. The number of halogens is 1. The number of nitrogens with one attached hydrogen (secondary N) is 4. The van der Waals surface area contributed by atoms with E-state index in [1.807, 2.05) is 0 Å². The van der Waals surface area contributed by atoms with E-state index in [9.17, 15) is 19.6 Å². The number of nitriles is 1. The molecule has 2 aliphatic rings. The quantitative estimate of drug-likeness (QED) is 0.492. The van der Waals surface area contributed by atoms with Gasteiger partial charge in [-0.3, -0.25) is 14.4 Å². The van der Waals surface area contributed by atoms with Gasteiger partial charge in [0, 0.05) is 12.5 Å². The minimum absolute atomic E-state index is 0.0659. The molecule has 1 aromatic heterocycles. The lowest BCUT2D eigenvalue weighted by molar-refractivity contribution is -0.125. The summed E-state index contributed by atoms with van der Waals surface area (Å²) >= 11 is 6.12. The minimum Gasteiger partial charge on any atom is -0.356 e. The second kappa shape index (κ2) is 8.94. The second-order valence-corrected chi connectivity index (χ2v) is 8.54. The summed E-state index contributed by atoms with van der Waals surface area (Å²) in [6.45, 7) is 0.581. The fourth-order valence-corrected chi connectivity index (χ4v) is 4.04. The van der Waals surface area contributed by atoms with Gasteiger partial charge in [-0.1, -0.05) is 30.5 Å². The third-order valence-electron chi connectivity index (χ3n) is 5.72. The number of hydrogen-bond donors (Lipinski definition) is 4. The molecule has 3 unspecified atom stereocenters. The Kier molecular flexibility index (Phi) is 6.09. The van der Waals surface area contributed by atoms with E-state index in [1.165, 1.54) is 0 Å². The molecule has 1 saturated heterocycles. The molecule has 1 aliphatic carbocycles. The van der Waals surface area contributed by atoms with Crippen molar-refractivity contribution in [3.05, 3.63) is 29.0 Å². The molecule has 31 heavy (non-hydrogen) atoms. The third kappa shape index (κ3) is 4.97. The topological polar surface area (TPSA) is 140 Å². The largest absolute Gasteiger partial charge is 0.356 e. The number of aromatic amines is 1. The Morgan fingerprint density at radius 3 is 2.71 bits per heavy atom. The summed E-state index contributed by atoms with van der Waals surface area (Å²) in [5, 5.41) is 18.0. The number of rotatable bonds is 8. The molecule has 0 radical (unpaired) electrons. The molecule has 0 spiro atoms. The lowest BCUT2D eigenvalue weighted by Gasteiger charge is -2.21. The number of para-hydroxylation sites is 1. The Balaban J connectivity index is 1.43. The van der Waals surface area contributed by atoms with Crippen LogP contribution in [0.25, 0.3) is 11.0 Å². The van der Waals surface area contributed by atoms with Gasteiger partial charge in [0.15, 0.2) is 5.82 Å². The first-order valence-corrected chi connectivity index (χ1v) is 10.7. The highest BCUT2D eigenvalue weighted by Gasteiger charge is 2.33. The van der Waals surface area contributed by atoms with Crippen LogP contribution in [0.4, 0.5) is 0 Å². The van der Waals surface area contributed by atoms with E-state index < -0.39 is 23.9 Å². The molecule has 1 aromatic carbocycles. The highest BCUT2D eigenvalue weighted by atomic mass is 35.5. The van der Waals surface area contributed by atoms with E-state index in [0.717, 1.165) is 12.8 Å². The number of benzene rings is 1. The van der Waals surface area contributed by atoms with Gasteiger partial charge in [0.05, 0.1) is 16.6 Å². The Bertz CT molecular complexity index is 1060. The van der Waals surface area contributed by atoms with Crippen LogP contribution in [0.5, 0.6) is 0 Å². The molecule has 1 saturated carbocycles. The average Bonchev–Trinajstić information content (AvgIpc) is 3.30. The van der Waals surface area contributed by atoms with Crippen LogP contribution in [0.15, 0.2) is 18.2 Å². The Morgan fingerprint density at radius 1 is 1.26 bits per heavy atom. The zero-order chi connectivity index (χ0) is 22.0. The number of amides is 3.